The van der Waals surface area contributed by atoms with Crippen molar-refractivity contribution in [3.63, 3.8) is 0 Å². The van der Waals surface area contributed by atoms with Crippen molar-refractivity contribution in [2.24, 2.45) is 0 Å². The molecule has 0 aliphatic rings. The Balaban J connectivity index is 1.93. The molecule has 6 heteroatoms. The van der Waals surface area contributed by atoms with Gasteiger partial charge in [0.15, 0.2) is 0 Å². The second kappa shape index (κ2) is 9.69. The Morgan fingerprint density at radius 3 is 1.87 bits per heavy atom. The van der Waals surface area contributed by atoms with Gasteiger partial charge in [-0.05, 0) is 40.3 Å². The highest BCUT2D eigenvalue weighted by molar-refractivity contribution is 7.80. The lowest BCUT2D eigenvalue weighted by atomic mass is 9.98. The smallest absolute Gasteiger partial charge is 0.305 e. The van der Waals surface area contributed by atoms with Crippen molar-refractivity contribution >= 4 is 22.9 Å². The van der Waals surface area contributed by atoms with Crippen LogP contribution in [-0.2, 0) is 16.1 Å². The Labute approximate surface area is 179 Å². The summed E-state index contributed by atoms with van der Waals surface area (Å²) in [5.74, 6) is -0.583. The van der Waals surface area contributed by atoms with Crippen molar-refractivity contribution in [2.75, 3.05) is 4.31 Å². The summed E-state index contributed by atoms with van der Waals surface area (Å²) < 4.78 is 23.4. The van der Waals surface area contributed by atoms with Gasteiger partial charge < -0.3 is 5.11 Å². The first-order valence-corrected chi connectivity index (χ1v) is 10.8. The van der Waals surface area contributed by atoms with Gasteiger partial charge in [0.1, 0.15) is 0 Å². The molecule has 2 unspecified atom stereocenters. The SMILES string of the molecule is CC(C)c1ccc(-c2ccc(N(C(CC(=O)O)c3ccccc3)S(=O)O)cc2)cc1. The fourth-order valence-electron chi connectivity index (χ4n) is 3.42. The number of carbonyl (C=O) groups is 1. The Kier molecular flexibility index (Phi) is 7.03. The maximum absolute atomic E-state index is 12.2. The molecule has 0 aliphatic carbocycles. The van der Waals surface area contributed by atoms with Crippen LogP contribution < -0.4 is 4.31 Å². The van der Waals surface area contributed by atoms with Crippen LogP contribution in [-0.4, -0.2) is 19.8 Å². The summed E-state index contributed by atoms with van der Waals surface area (Å²) in [7, 11) is 0. The minimum atomic E-state index is -2.39. The van der Waals surface area contributed by atoms with Gasteiger partial charge in [-0.25, -0.2) is 4.21 Å². The van der Waals surface area contributed by atoms with Crippen LogP contribution >= 0.6 is 0 Å². The van der Waals surface area contributed by atoms with Crippen LogP contribution in [0.5, 0.6) is 0 Å². The van der Waals surface area contributed by atoms with Gasteiger partial charge in [0.2, 0.25) is 0 Å². The van der Waals surface area contributed by atoms with E-state index in [-0.39, 0.29) is 6.42 Å². The van der Waals surface area contributed by atoms with Gasteiger partial charge in [0.05, 0.1) is 18.2 Å². The summed E-state index contributed by atoms with van der Waals surface area (Å²) >= 11 is -2.39. The van der Waals surface area contributed by atoms with Gasteiger partial charge in [0.25, 0.3) is 11.3 Å². The molecule has 0 spiro atoms. The Hall–Kier alpha value is -2.96. The summed E-state index contributed by atoms with van der Waals surface area (Å²) in [6, 6.07) is 23.7. The topological polar surface area (TPSA) is 77.8 Å². The molecule has 3 rings (SSSR count). The summed E-state index contributed by atoms with van der Waals surface area (Å²) in [5.41, 5.74) is 4.43. The largest absolute Gasteiger partial charge is 0.481 e. The van der Waals surface area contributed by atoms with E-state index in [0.717, 1.165) is 11.1 Å². The summed E-state index contributed by atoms with van der Waals surface area (Å²) in [6.45, 7) is 4.29. The van der Waals surface area contributed by atoms with E-state index in [9.17, 15) is 18.7 Å². The second-order valence-electron chi connectivity index (χ2n) is 7.40. The molecular weight excluding hydrogens is 398 g/mol. The fourth-order valence-corrected chi connectivity index (χ4v) is 4.13. The zero-order chi connectivity index (χ0) is 21.7. The highest BCUT2D eigenvalue weighted by Crippen LogP contribution is 2.33. The Morgan fingerprint density at radius 1 is 0.867 bits per heavy atom. The fraction of sp³-hybridized carbons (Fsp3) is 0.208. The van der Waals surface area contributed by atoms with Crippen LogP contribution in [0, 0.1) is 0 Å². The van der Waals surface area contributed by atoms with E-state index in [4.69, 9.17) is 0 Å². The van der Waals surface area contributed by atoms with E-state index in [2.05, 4.69) is 38.1 Å². The first-order valence-electron chi connectivity index (χ1n) is 9.74. The number of carboxylic acid groups (broad SMARTS) is 1. The molecule has 30 heavy (non-hydrogen) atoms. The van der Waals surface area contributed by atoms with Gasteiger partial charge in [-0.3, -0.25) is 13.7 Å². The molecule has 0 aromatic heterocycles. The Bertz CT molecular complexity index is 1000. The molecular formula is C24H25NO4S. The van der Waals surface area contributed by atoms with Gasteiger partial charge in [-0.2, -0.15) is 0 Å². The summed E-state index contributed by atoms with van der Waals surface area (Å²) in [6.07, 6.45) is -0.297. The van der Waals surface area contributed by atoms with Crippen LogP contribution in [0.4, 0.5) is 5.69 Å². The molecule has 3 aromatic rings. The highest BCUT2D eigenvalue weighted by Gasteiger charge is 2.27. The number of anilines is 1. The van der Waals surface area contributed by atoms with Crippen LogP contribution in [0.3, 0.4) is 0 Å². The zero-order valence-electron chi connectivity index (χ0n) is 16.9. The van der Waals surface area contributed by atoms with Crippen molar-refractivity contribution in [3.05, 3.63) is 90.0 Å². The molecule has 0 amide bonds. The molecule has 2 atom stereocenters. The van der Waals surface area contributed by atoms with Crippen LogP contribution in [0.25, 0.3) is 11.1 Å². The number of carboxylic acids is 1. The number of aliphatic carboxylic acids is 1. The van der Waals surface area contributed by atoms with E-state index in [0.29, 0.717) is 17.2 Å². The third kappa shape index (κ3) is 5.14. The molecule has 0 saturated heterocycles. The third-order valence-corrected chi connectivity index (χ3v) is 5.84. The Morgan fingerprint density at radius 2 is 1.40 bits per heavy atom. The monoisotopic (exact) mass is 423 g/mol. The molecule has 3 aromatic carbocycles. The normalized spacial score (nSPS) is 13.1. The van der Waals surface area contributed by atoms with Gasteiger partial charge >= 0.3 is 5.97 Å². The van der Waals surface area contributed by atoms with E-state index in [1.807, 2.05) is 18.2 Å². The number of hydrogen-bond acceptors (Lipinski definition) is 2. The van der Waals surface area contributed by atoms with E-state index in [1.54, 1.807) is 36.4 Å². The van der Waals surface area contributed by atoms with E-state index >= 15 is 0 Å². The molecule has 0 fully saturated rings. The quantitative estimate of drug-likeness (QED) is 0.460. The molecule has 5 nitrogen and oxygen atoms in total. The van der Waals surface area contributed by atoms with Crippen molar-refractivity contribution in [3.8, 4) is 11.1 Å². The lowest BCUT2D eigenvalue weighted by molar-refractivity contribution is -0.137. The minimum Gasteiger partial charge on any atom is -0.481 e. The molecule has 0 heterocycles. The average Bonchev–Trinajstić information content (AvgIpc) is 2.74. The third-order valence-electron chi connectivity index (χ3n) is 5.04. The van der Waals surface area contributed by atoms with Crippen molar-refractivity contribution in [2.45, 2.75) is 32.2 Å². The van der Waals surface area contributed by atoms with Crippen molar-refractivity contribution in [1.29, 1.82) is 0 Å². The molecule has 0 bridgehead atoms. The van der Waals surface area contributed by atoms with Gasteiger partial charge in [-0.15, -0.1) is 0 Å². The lowest BCUT2D eigenvalue weighted by Crippen LogP contribution is -2.32. The first-order chi connectivity index (χ1) is 14.4. The average molecular weight is 424 g/mol. The molecule has 156 valence electrons. The zero-order valence-corrected chi connectivity index (χ0v) is 17.8. The van der Waals surface area contributed by atoms with Crippen molar-refractivity contribution < 1.29 is 18.7 Å². The summed E-state index contributed by atoms with van der Waals surface area (Å²) in [5, 5.41) is 9.37. The summed E-state index contributed by atoms with van der Waals surface area (Å²) in [4.78, 5) is 11.4. The predicted molar refractivity (Wildman–Crippen MR) is 121 cm³/mol. The molecule has 0 radical (unpaired) electrons. The number of benzene rings is 3. The maximum Gasteiger partial charge on any atom is 0.305 e. The molecule has 2 N–H and O–H groups in total. The van der Waals surface area contributed by atoms with Gasteiger partial charge in [0, 0.05) is 0 Å². The lowest BCUT2D eigenvalue weighted by Gasteiger charge is -2.29. The number of rotatable bonds is 8. The number of hydrogen-bond donors (Lipinski definition) is 2. The van der Waals surface area contributed by atoms with E-state index in [1.165, 1.54) is 9.87 Å². The maximum atomic E-state index is 12.2. The van der Waals surface area contributed by atoms with Crippen LogP contribution in [0.1, 0.15) is 43.4 Å². The van der Waals surface area contributed by atoms with Crippen LogP contribution in [0.15, 0.2) is 78.9 Å². The predicted octanol–water partition coefficient (Wildman–Crippen LogP) is 5.64. The van der Waals surface area contributed by atoms with Crippen LogP contribution in [0.2, 0.25) is 0 Å². The minimum absolute atomic E-state index is 0.297. The highest BCUT2D eigenvalue weighted by atomic mass is 32.2. The first kappa shape index (κ1) is 21.7. The number of nitrogens with zero attached hydrogens (tertiary/aromatic N) is 1. The second-order valence-corrected chi connectivity index (χ2v) is 8.26. The molecule has 0 aliphatic heterocycles. The molecule has 0 saturated carbocycles. The van der Waals surface area contributed by atoms with Crippen molar-refractivity contribution in [1.82, 2.24) is 0 Å². The van der Waals surface area contributed by atoms with E-state index < -0.39 is 23.3 Å². The van der Waals surface area contributed by atoms with Gasteiger partial charge in [-0.1, -0.05) is 80.6 Å². The standard InChI is InChI=1S/C24H25NO4S/c1-17(2)18-8-10-19(11-9-18)20-12-14-22(15-13-20)25(30(28)29)23(16-24(26)27)21-6-4-3-5-7-21/h3-15,17,23H,16H2,1-2H3,(H,26,27)(H,28,29).